The molecule has 8 rings (SSSR count). The van der Waals surface area contributed by atoms with E-state index in [1.54, 1.807) is 19.3 Å². The third-order valence-corrected chi connectivity index (χ3v) is 16.3. The molecule has 26 heavy (non-hydrogen) atoms. The summed E-state index contributed by atoms with van der Waals surface area (Å²) in [6, 6.07) is 0. The maximum absolute atomic E-state index is 2.81. The van der Waals surface area contributed by atoms with Crippen LogP contribution in [0.25, 0.3) is 0 Å². The number of hydrogen-bond acceptors (Lipinski definition) is 0. The summed E-state index contributed by atoms with van der Waals surface area (Å²) in [5.41, 5.74) is 4.88. The third kappa shape index (κ3) is 0.676. The lowest BCUT2D eigenvalue weighted by molar-refractivity contribution is -0.662. The summed E-state index contributed by atoms with van der Waals surface area (Å²) in [4.78, 5) is 0. The molecular formula is C26H38. The van der Waals surface area contributed by atoms with Crippen molar-refractivity contribution in [2.45, 2.75) is 74.7 Å². The predicted molar refractivity (Wildman–Crippen MR) is 104 cm³/mol. The van der Waals surface area contributed by atoms with E-state index >= 15 is 0 Å². The third-order valence-electron chi connectivity index (χ3n) is 16.3. The average Bonchev–Trinajstić information content (AvgIpc) is 2.57. The molecule has 0 saturated heterocycles. The average molecular weight is 351 g/mol. The van der Waals surface area contributed by atoms with E-state index in [2.05, 4.69) is 55.4 Å². The summed E-state index contributed by atoms with van der Waals surface area (Å²) in [6.45, 7) is 21.5. The fraction of sp³-hybridized carbons (Fsp3) is 1.00. The van der Waals surface area contributed by atoms with Gasteiger partial charge in [0, 0.05) is 0 Å². The van der Waals surface area contributed by atoms with E-state index in [0.29, 0.717) is 21.7 Å². The SMILES string of the molecule is CC1C2C3C4C5C6C7CC(C)C7(C)C6(C)C56CCC46C3(C)C2(C)C1(C)C. The molecule has 0 aromatic carbocycles. The molecule has 14 atom stereocenters. The van der Waals surface area contributed by atoms with E-state index < -0.39 is 0 Å². The van der Waals surface area contributed by atoms with Crippen molar-refractivity contribution in [2.75, 3.05) is 0 Å². The van der Waals surface area contributed by atoms with Crippen LogP contribution in [0.3, 0.4) is 0 Å². The first-order valence-corrected chi connectivity index (χ1v) is 12.0. The quantitative estimate of drug-likeness (QED) is 0.484. The molecule has 0 amide bonds. The number of hydrogen-bond donors (Lipinski definition) is 0. The molecule has 14 unspecified atom stereocenters. The molecule has 8 saturated carbocycles. The van der Waals surface area contributed by atoms with E-state index in [1.165, 1.54) is 5.92 Å². The molecule has 8 aliphatic carbocycles. The Morgan fingerprint density at radius 1 is 0.615 bits per heavy atom. The molecule has 0 bridgehead atoms. The molecule has 142 valence electrons. The monoisotopic (exact) mass is 350 g/mol. The first-order chi connectivity index (χ1) is 12.0. The Morgan fingerprint density at radius 2 is 1.19 bits per heavy atom. The van der Waals surface area contributed by atoms with Crippen LogP contribution in [0.15, 0.2) is 0 Å². The van der Waals surface area contributed by atoms with Gasteiger partial charge in [-0.1, -0.05) is 55.4 Å². The lowest BCUT2D eigenvalue weighted by Crippen LogP contribution is -3.09. The first-order valence-electron chi connectivity index (χ1n) is 12.0. The standard InChI is InChI=1S/C26H38/c1-12-11-14-16-18-19-17-15-13(2)20(3,4)22(15,6)24(17,8)26(19)10-9-25(18,26)23(16,7)21(12,14)5/h12-19H,9-11H2,1-8H3. The van der Waals surface area contributed by atoms with Gasteiger partial charge in [0.25, 0.3) is 0 Å². The van der Waals surface area contributed by atoms with Crippen molar-refractivity contribution in [2.24, 2.45) is 85.2 Å². The van der Waals surface area contributed by atoms with Crippen LogP contribution in [0.4, 0.5) is 0 Å². The van der Waals surface area contributed by atoms with Crippen LogP contribution >= 0.6 is 0 Å². The fourth-order valence-electron chi connectivity index (χ4n) is 15.1. The highest BCUT2D eigenvalue weighted by atomic mass is 15.1. The van der Waals surface area contributed by atoms with Crippen molar-refractivity contribution in [3.05, 3.63) is 0 Å². The maximum atomic E-state index is 2.81. The normalized spacial score (nSPS) is 84.9. The summed E-state index contributed by atoms with van der Waals surface area (Å²) < 4.78 is 0. The lowest BCUT2D eigenvalue weighted by atomic mass is 8.91. The van der Waals surface area contributed by atoms with E-state index in [9.17, 15) is 0 Å². The minimum atomic E-state index is 0.560. The van der Waals surface area contributed by atoms with Gasteiger partial charge in [-0.05, 0) is 105 Å². The van der Waals surface area contributed by atoms with E-state index in [4.69, 9.17) is 0 Å². The minimum absolute atomic E-state index is 0.560. The highest BCUT2D eigenvalue weighted by Crippen LogP contribution is 3.13. The molecular weight excluding hydrogens is 312 g/mol. The zero-order chi connectivity index (χ0) is 18.2. The lowest BCUT2D eigenvalue weighted by Gasteiger charge is -3.13. The van der Waals surface area contributed by atoms with E-state index in [1.807, 2.05) is 0 Å². The second-order valence-corrected chi connectivity index (χ2v) is 14.2. The van der Waals surface area contributed by atoms with Gasteiger partial charge in [-0.25, -0.2) is 0 Å². The van der Waals surface area contributed by atoms with Crippen molar-refractivity contribution >= 4 is 0 Å². The van der Waals surface area contributed by atoms with Gasteiger partial charge in [0.15, 0.2) is 0 Å². The summed E-state index contributed by atoms with van der Waals surface area (Å²) >= 11 is 0. The Labute approximate surface area is 160 Å². The Morgan fingerprint density at radius 3 is 1.77 bits per heavy atom. The second-order valence-electron chi connectivity index (χ2n) is 14.2. The topological polar surface area (TPSA) is 0 Å². The van der Waals surface area contributed by atoms with Crippen LogP contribution in [0.2, 0.25) is 0 Å². The van der Waals surface area contributed by atoms with Crippen LogP contribution in [0, 0.1) is 85.2 Å². The summed E-state index contributed by atoms with van der Waals surface area (Å²) in [5, 5.41) is 0. The van der Waals surface area contributed by atoms with Crippen LogP contribution in [0.5, 0.6) is 0 Å². The van der Waals surface area contributed by atoms with Gasteiger partial charge in [0.1, 0.15) is 0 Å². The minimum Gasteiger partial charge on any atom is -0.0619 e. The molecule has 0 radical (unpaired) electrons. The van der Waals surface area contributed by atoms with Gasteiger partial charge in [0.05, 0.1) is 0 Å². The Balaban J connectivity index is 1.30. The zero-order valence-electron chi connectivity index (χ0n) is 18.2. The summed E-state index contributed by atoms with van der Waals surface area (Å²) in [7, 11) is 0. The van der Waals surface area contributed by atoms with Gasteiger partial charge in [0.2, 0.25) is 0 Å². The molecule has 8 aliphatic rings. The zero-order valence-corrected chi connectivity index (χ0v) is 18.2. The van der Waals surface area contributed by atoms with Crippen LogP contribution in [0.1, 0.15) is 74.7 Å². The molecule has 0 aromatic heterocycles. The molecule has 0 heterocycles. The van der Waals surface area contributed by atoms with E-state index in [0.717, 1.165) is 57.7 Å². The number of rotatable bonds is 0. The summed E-state index contributed by atoms with van der Waals surface area (Å²) in [5.74, 6) is 8.72. The molecule has 2 spiro atoms. The smallest absolute Gasteiger partial charge is 0.0136 e. The Hall–Kier alpha value is 0. The summed E-state index contributed by atoms with van der Waals surface area (Å²) in [6.07, 6.45) is 4.77. The fourth-order valence-corrected chi connectivity index (χ4v) is 15.1. The Kier molecular flexibility index (Phi) is 1.74. The van der Waals surface area contributed by atoms with Gasteiger partial charge >= 0.3 is 0 Å². The molecule has 0 aliphatic heterocycles. The van der Waals surface area contributed by atoms with Crippen molar-refractivity contribution in [3.63, 3.8) is 0 Å². The predicted octanol–water partition coefficient (Wildman–Crippen LogP) is 6.26. The molecule has 0 aromatic rings. The van der Waals surface area contributed by atoms with Crippen LogP contribution in [-0.2, 0) is 0 Å². The van der Waals surface area contributed by atoms with Crippen molar-refractivity contribution in [1.82, 2.24) is 0 Å². The van der Waals surface area contributed by atoms with Gasteiger partial charge in [-0.2, -0.15) is 0 Å². The molecule has 0 nitrogen and oxygen atoms in total. The van der Waals surface area contributed by atoms with Crippen LogP contribution in [-0.4, -0.2) is 0 Å². The van der Waals surface area contributed by atoms with Crippen molar-refractivity contribution < 1.29 is 0 Å². The molecule has 0 heteroatoms. The van der Waals surface area contributed by atoms with Crippen molar-refractivity contribution in [3.8, 4) is 0 Å². The highest BCUT2D eigenvalue weighted by Gasteiger charge is 3.10. The highest BCUT2D eigenvalue weighted by molar-refractivity contribution is 5.56. The number of fused-ring (bicyclic) bond motifs is 11. The second kappa shape index (κ2) is 3.02. The van der Waals surface area contributed by atoms with Crippen LogP contribution < -0.4 is 0 Å². The molecule has 0 N–H and O–H groups in total. The van der Waals surface area contributed by atoms with Gasteiger partial charge in [-0.3, -0.25) is 0 Å². The first kappa shape index (κ1) is 14.9. The van der Waals surface area contributed by atoms with Gasteiger partial charge < -0.3 is 0 Å². The maximum Gasteiger partial charge on any atom is -0.0136 e. The largest absolute Gasteiger partial charge is 0.0619 e. The molecule has 8 fully saturated rings. The van der Waals surface area contributed by atoms with Gasteiger partial charge in [-0.15, -0.1) is 0 Å². The van der Waals surface area contributed by atoms with Crippen molar-refractivity contribution in [1.29, 1.82) is 0 Å². The van der Waals surface area contributed by atoms with E-state index in [-0.39, 0.29) is 0 Å². The Bertz CT molecular complexity index is 839.